The van der Waals surface area contributed by atoms with E-state index in [-0.39, 0.29) is 18.5 Å². The van der Waals surface area contributed by atoms with Crippen LogP contribution in [0.4, 0.5) is 0 Å². The smallest absolute Gasteiger partial charge is 0.305 e. The van der Waals surface area contributed by atoms with E-state index >= 15 is 0 Å². The molecule has 2 atom stereocenters. The molecule has 79 heavy (non-hydrogen) atoms. The summed E-state index contributed by atoms with van der Waals surface area (Å²) in [7, 11) is 0. The van der Waals surface area contributed by atoms with Gasteiger partial charge in [0.15, 0.2) is 0 Å². The van der Waals surface area contributed by atoms with Crippen molar-refractivity contribution >= 4 is 11.9 Å². The standard InChI is InChI=1S/C73H141NO5/c1-3-5-7-9-11-13-15-17-19-21-31-34-37-41-45-49-53-57-61-65-71(76)70(69-75)74-72(77)66-62-58-54-50-46-42-38-35-32-29-27-25-23-22-24-26-28-30-33-36-40-44-48-52-56-60-64-68-79-73(78)67-63-59-55-51-47-43-39-20-18-16-14-12-10-8-6-4-2/h22-23,26,28,70-71,75-76H,3-21,24-25,27,29-69H2,1-2H3,(H,74,77)/b23-22-,28-26-. The third kappa shape index (κ3) is 65.4. The lowest BCUT2D eigenvalue weighted by Gasteiger charge is -2.22. The molecular weight excluding hydrogens is 971 g/mol. The highest BCUT2D eigenvalue weighted by atomic mass is 16.5. The van der Waals surface area contributed by atoms with Crippen molar-refractivity contribution in [2.24, 2.45) is 0 Å². The maximum absolute atomic E-state index is 12.5. The predicted molar refractivity (Wildman–Crippen MR) is 347 cm³/mol. The van der Waals surface area contributed by atoms with Gasteiger partial charge in [-0.3, -0.25) is 9.59 Å². The fourth-order valence-corrected chi connectivity index (χ4v) is 11.5. The van der Waals surface area contributed by atoms with Gasteiger partial charge in [-0.15, -0.1) is 0 Å². The Morgan fingerprint density at radius 2 is 0.633 bits per heavy atom. The molecule has 0 aromatic rings. The van der Waals surface area contributed by atoms with Crippen molar-refractivity contribution in [2.45, 2.75) is 418 Å². The van der Waals surface area contributed by atoms with Crippen molar-refractivity contribution in [1.29, 1.82) is 0 Å². The lowest BCUT2D eigenvalue weighted by atomic mass is 10.0. The fourth-order valence-electron chi connectivity index (χ4n) is 11.5. The summed E-state index contributed by atoms with van der Waals surface area (Å²) in [5.74, 6) is -0.0191. The maximum Gasteiger partial charge on any atom is 0.305 e. The Kier molecular flexibility index (Phi) is 67.4. The van der Waals surface area contributed by atoms with Crippen molar-refractivity contribution in [3.05, 3.63) is 24.3 Å². The number of hydrogen-bond donors (Lipinski definition) is 3. The van der Waals surface area contributed by atoms with Crippen LogP contribution >= 0.6 is 0 Å². The number of esters is 1. The van der Waals surface area contributed by atoms with Crippen LogP contribution in [0.3, 0.4) is 0 Å². The van der Waals surface area contributed by atoms with E-state index in [1.807, 2.05) is 0 Å². The highest BCUT2D eigenvalue weighted by Crippen LogP contribution is 2.19. The first-order chi connectivity index (χ1) is 39.0. The van der Waals surface area contributed by atoms with Gasteiger partial charge in [0, 0.05) is 12.8 Å². The van der Waals surface area contributed by atoms with E-state index in [1.54, 1.807) is 0 Å². The molecule has 6 heteroatoms. The minimum Gasteiger partial charge on any atom is -0.466 e. The van der Waals surface area contributed by atoms with Crippen LogP contribution in [0.2, 0.25) is 0 Å². The van der Waals surface area contributed by atoms with Crippen LogP contribution in [-0.4, -0.2) is 47.4 Å². The molecule has 0 radical (unpaired) electrons. The molecule has 0 aliphatic heterocycles. The van der Waals surface area contributed by atoms with Crippen molar-refractivity contribution in [3.63, 3.8) is 0 Å². The average molecular weight is 1110 g/mol. The summed E-state index contributed by atoms with van der Waals surface area (Å²) in [5.41, 5.74) is 0. The van der Waals surface area contributed by atoms with Gasteiger partial charge in [-0.25, -0.2) is 0 Å². The number of carbonyl (C=O) groups is 2. The van der Waals surface area contributed by atoms with E-state index in [2.05, 4.69) is 43.5 Å². The summed E-state index contributed by atoms with van der Waals surface area (Å²) < 4.78 is 5.50. The molecule has 0 aliphatic rings. The van der Waals surface area contributed by atoms with Crippen molar-refractivity contribution in [3.8, 4) is 0 Å². The number of allylic oxidation sites excluding steroid dienone is 4. The lowest BCUT2D eigenvalue weighted by Crippen LogP contribution is -2.45. The van der Waals surface area contributed by atoms with Gasteiger partial charge in [-0.1, -0.05) is 359 Å². The van der Waals surface area contributed by atoms with E-state index in [1.165, 1.54) is 327 Å². The van der Waals surface area contributed by atoms with Gasteiger partial charge >= 0.3 is 5.97 Å². The number of aliphatic hydroxyl groups is 2. The first kappa shape index (κ1) is 77.3. The molecule has 0 bridgehead atoms. The second-order valence-electron chi connectivity index (χ2n) is 24.9. The van der Waals surface area contributed by atoms with Crippen molar-refractivity contribution in [1.82, 2.24) is 5.32 Å². The summed E-state index contributed by atoms with van der Waals surface area (Å²) in [5, 5.41) is 23.4. The quantitative estimate of drug-likeness (QED) is 0.0320. The molecule has 3 N–H and O–H groups in total. The van der Waals surface area contributed by atoms with E-state index in [4.69, 9.17) is 4.74 Å². The molecule has 0 aromatic carbocycles. The van der Waals surface area contributed by atoms with Crippen molar-refractivity contribution < 1.29 is 24.5 Å². The summed E-state index contributed by atoms with van der Waals surface area (Å²) >= 11 is 0. The topological polar surface area (TPSA) is 95.9 Å². The Labute approximate surface area is 494 Å². The zero-order valence-electron chi connectivity index (χ0n) is 53.6. The first-order valence-electron chi connectivity index (χ1n) is 36.1. The summed E-state index contributed by atoms with van der Waals surface area (Å²) in [6, 6.07) is -0.544. The van der Waals surface area contributed by atoms with Crippen LogP contribution in [0, 0.1) is 0 Å². The molecule has 0 aliphatic carbocycles. The number of amides is 1. The summed E-state index contributed by atoms with van der Waals surface area (Å²) in [4.78, 5) is 24.6. The first-order valence-corrected chi connectivity index (χ1v) is 36.1. The van der Waals surface area contributed by atoms with E-state index in [0.717, 1.165) is 44.9 Å². The third-order valence-electron chi connectivity index (χ3n) is 17.0. The number of ether oxygens (including phenoxy) is 1. The largest absolute Gasteiger partial charge is 0.466 e. The molecule has 0 rings (SSSR count). The molecule has 0 spiro atoms. The zero-order chi connectivity index (χ0) is 57.1. The van der Waals surface area contributed by atoms with Gasteiger partial charge < -0.3 is 20.3 Å². The van der Waals surface area contributed by atoms with Crippen LogP contribution < -0.4 is 5.32 Å². The van der Waals surface area contributed by atoms with E-state index in [0.29, 0.717) is 25.9 Å². The Balaban J connectivity index is 3.40. The van der Waals surface area contributed by atoms with Gasteiger partial charge in [0.25, 0.3) is 0 Å². The number of hydrogen-bond acceptors (Lipinski definition) is 5. The minimum absolute atomic E-state index is 0.0150. The van der Waals surface area contributed by atoms with Crippen LogP contribution in [0.15, 0.2) is 24.3 Å². The Hall–Kier alpha value is -1.66. The monoisotopic (exact) mass is 1110 g/mol. The van der Waals surface area contributed by atoms with Gasteiger partial charge in [0.2, 0.25) is 5.91 Å². The molecule has 1 amide bonds. The van der Waals surface area contributed by atoms with Crippen LogP contribution in [-0.2, 0) is 14.3 Å². The highest BCUT2D eigenvalue weighted by Gasteiger charge is 2.20. The molecular formula is C73H141NO5. The molecule has 0 heterocycles. The molecule has 0 fully saturated rings. The third-order valence-corrected chi connectivity index (χ3v) is 17.0. The van der Waals surface area contributed by atoms with Gasteiger partial charge in [-0.2, -0.15) is 0 Å². The number of rotatable bonds is 68. The normalized spacial score (nSPS) is 12.6. The molecule has 0 saturated heterocycles. The highest BCUT2D eigenvalue weighted by molar-refractivity contribution is 5.76. The summed E-state index contributed by atoms with van der Waals surface area (Å²) in [6.07, 6.45) is 86.6. The molecule has 468 valence electrons. The summed E-state index contributed by atoms with van der Waals surface area (Å²) in [6.45, 7) is 4.99. The number of unbranched alkanes of at least 4 members (excludes halogenated alkanes) is 53. The van der Waals surface area contributed by atoms with Crippen LogP contribution in [0.25, 0.3) is 0 Å². The number of carbonyl (C=O) groups excluding carboxylic acids is 2. The number of aliphatic hydroxyl groups excluding tert-OH is 2. The van der Waals surface area contributed by atoms with Gasteiger partial charge in [0.1, 0.15) is 0 Å². The zero-order valence-corrected chi connectivity index (χ0v) is 53.6. The molecule has 6 nitrogen and oxygen atoms in total. The minimum atomic E-state index is -0.667. The van der Waals surface area contributed by atoms with Gasteiger partial charge in [0.05, 0.1) is 25.4 Å². The average Bonchev–Trinajstić information content (AvgIpc) is 3.45. The molecule has 0 aromatic heterocycles. The SMILES string of the molecule is CCCCCCCCCCCCCCCCCCCCCC(O)C(CO)NC(=O)CCCCCCCCCCCCC/C=C\C/C=C\CCCCCCCCCCCOC(=O)CCCCCCCCCCCCCCCCCC. The predicted octanol–water partition coefficient (Wildman–Crippen LogP) is 23.3. The molecule has 0 saturated carbocycles. The maximum atomic E-state index is 12.5. The van der Waals surface area contributed by atoms with Crippen molar-refractivity contribution in [2.75, 3.05) is 13.2 Å². The molecule has 2 unspecified atom stereocenters. The number of nitrogens with one attached hydrogen (secondary N) is 1. The lowest BCUT2D eigenvalue weighted by molar-refractivity contribution is -0.143. The van der Waals surface area contributed by atoms with E-state index < -0.39 is 12.1 Å². The van der Waals surface area contributed by atoms with E-state index in [9.17, 15) is 19.8 Å². The van der Waals surface area contributed by atoms with Gasteiger partial charge in [-0.05, 0) is 57.8 Å². The Morgan fingerprint density at radius 1 is 0.354 bits per heavy atom. The fraction of sp³-hybridized carbons (Fsp3) is 0.918. The second-order valence-corrected chi connectivity index (χ2v) is 24.9. The van der Waals surface area contributed by atoms with Crippen LogP contribution in [0.5, 0.6) is 0 Å². The Morgan fingerprint density at radius 3 is 0.962 bits per heavy atom. The Bertz CT molecular complexity index is 1230. The van der Waals surface area contributed by atoms with Crippen LogP contribution in [0.1, 0.15) is 406 Å². The second kappa shape index (κ2) is 68.8.